The van der Waals surface area contributed by atoms with Crippen LogP contribution in [0.5, 0.6) is 0 Å². The summed E-state index contributed by atoms with van der Waals surface area (Å²) in [5, 5.41) is 3.23. The van der Waals surface area contributed by atoms with Gasteiger partial charge in [-0.25, -0.2) is 0 Å². The molecule has 1 aromatic rings. The maximum absolute atomic E-state index is 3.92. The van der Waals surface area contributed by atoms with Crippen molar-refractivity contribution >= 4 is 11.8 Å². The molecule has 0 aliphatic heterocycles. The van der Waals surface area contributed by atoms with Crippen LogP contribution in [0.3, 0.4) is 0 Å². The Kier molecular flexibility index (Phi) is 4.68. The molecule has 0 bridgehead atoms. The molecule has 0 unspecified atom stereocenters. The highest BCUT2D eigenvalue weighted by molar-refractivity contribution is 5.66. The number of nitrogens with one attached hydrogen (secondary N) is 1. The summed E-state index contributed by atoms with van der Waals surface area (Å²) in [5.74, 6) is 2.53. The number of hydrogen-bond donors (Lipinski definition) is 1. The maximum Gasteiger partial charge on any atom is 0.0411 e. The van der Waals surface area contributed by atoms with Crippen LogP contribution in [-0.4, -0.2) is 7.05 Å². The van der Waals surface area contributed by atoms with Crippen molar-refractivity contribution in [2.24, 2.45) is 11.8 Å². The standard InChI is InChI=1S/C18H27N/c1-5-14-12-17(10-11-18(14)19-4)16-8-6-15(7-9-16)13(2)3/h5,10-13,15-16,19H,1,6-9H2,2-4H3. The summed E-state index contributed by atoms with van der Waals surface area (Å²) < 4.78 is 0. The SMILES string of the molecule is C=Cc1cc(C2CCC(C(C)C)CC2)ccc1NC. The highest BCUT2D eigenvalue weighted by atomic mass is 14.8. The van der Waals surface area contributed by atoms with Crippen LogP contribution in [0, 0.1) is 11.8 Å². The van der Waals surface area contributed by atoms with Crippen LogP contribution in [-0.2, 0) is 0 Å². The van der Waals surface area contributed by atoms with Gasteiger partial charge >= 0.3 is 0 Å². The van der Waals surface area contributed by atoms with Crippen molar-refractivity contribution in [3.8, 4) is 0 Å². The summed E-state index contributed by atoms with van der Waals surface area (Å²) in [6.45, 7) is 8.65. The molecule has 104 valence electrons. The van der Waals surface area contributed by atoms with E-state index in [9.17, 15) is 0 Å². The van der Waals surface area contributed by atoms with Crippen LogP contribution in [0.25, 0.3) is 6.08 Å². The molecule has 1 saturated carbocycles. The van der Waals surface area contributed by atoms with E-state index in [1.54, 1.807) is 0 Å². The van der Waals surface area contributed by atoms with Crippen molar-refractivity contribution in [3.05, 3.63) is 35.9 Å². The Labute approximate surface area is 118 Å². The fourth-order valence-electron chi connectivity index (χ4n) is 3.35. The summed E-state index contributed by atoms with van der Waals surface area (Å²) in [5.41, 5.74) is 3.90. The summed E-state index contributed by atoms with van der Waals surface area (Å²) in [4.78, 5) is 0. The number of anilines is 1. The lowest BCUT2D eigenvalue weighted by molar-refractivity contribution is 0.259. The molecule has 1 nitrogen and oxygen atoms in total. The Balaban J connectivity index is 2.09. The van der Waals surface area contributed by atoms with Gasteiger partial charge in [0.25, 0.3) is 0 Å². The molecule has 1 N–H and O–H groups in total. The monoisotopic (exact) mass is 257 g/mol. The number of benzene rings is 1. The summed E-state index contributed by atoms with van der Waals surface area (Å²) in [7, 11) is 1.97. The molecule has 2 rings (SSSR count). The van der Waals surface area contributed by atoms with Gasteiger partial charge in [-0.15, -0.1) is 0 Å². The third-order valence-electron chi connectivity index (χ3n) is 4.75. The molecule has 0 aromatic heterocycles. The first kappa shape index (κ1) is 14.2. The van der Waals surface area contributed by atoms with Gasteiger partial charge < -0.3 is 5.32 Å². The Morgan fingerprint density at radius 3 is 2.42 bits per heavy atom. The lowest BCUT2D eigenvalue weighted by Crippen LogP contribution is -2.17. The predicted octanol–water partition coefficient (Wildman–Crippen LogP) is 5.30. The zero-order valence-corrected chi connectivity index (χ0v) is 12.6. The molecule has 1 aliphatic rings. The molecule has 0 radical (unpaired) electrons. The number of hydrogen-bond acceptors (Lipinski definition) is 1. The molecular formula is C18H27N. The molecule has 1 heteroatoms. The van der Waals surface area contributed by atoms with Gasteiger partial charge in [-0.2, -0.15) is 0 Å². The van der Waals surface area contributed by atoms with Gasteiger partial charge in [0, 0.05) is 12.7 Å². The van der Waals surface area contributed by atoms with E-state index in [0.29, 0.717) is 0 Å². The fraction of sp³-hybridized carbons (Fsp3) is 0.556. The molecule has 0 atom stereocenters. The van der Waals surface area contributed by atoms with E-state index in [1.165, 1.54) is 42.5 Å². The summed E-state index contributed by atoms with van der Waals surface area (Å²) >= 11 is 0. The van der Waals surface area contributed by atoms with Crippen LogP contribution in [0.15, 0.2) is 24.8 Å². The molecule has 0 heterocycles. The van der Waals surface area contributed by atoms with Crippen LogP contribution in [0.2, 0.25) is 0 Å². The first-order valence-electron chi connectivity index (χ1n) is 7.59. The largest absolute Gasteiger partial charge is 0.388 e. The van der Waals surface area contributed by atoms with Crippen LogP contribution >= 0.6 is 0 Å². The third-order valence-corrected chi connectivity index (χ3v) is 4.75. The van der Waals surface area contributed by atoms with E-state index in [2.05, 4.69) is 43.9 Å². The highest BCUT2D eigenvalue weighted by Gasteiger charge is 2.24. The van der Waals surface area contributed by atoms with E-state index in [0.717, 1.165) is 17.8 Å². The van der Waals surface area contributed by atoms with Crippen LogP contribution in [0.4, 0.5) is 5.69 Å². The molecule has 0 amide bonds. The van der Waals surface area contributed by atoms with E-state index < -0.39 is 0 Å². The Morgan fingerprint density at radius 1 is 1.21 bits per heavy atom. The normalized spacial score (nSPS) is 23.4. The maximum atomic E-state index is 3.92. The van der Waals surface area contributed by atoms with Gasteiger partial charge in [0.15, 0.2) is 0 Å². The van der Waals surface area contributed by atoms with E-state index in [4.69, 9.17) is 0 Å². The minimum Gasteiger partial charge on any atom is -0.388 e. The van der Waals surface area contributed by atoms with Crippen molar-refractivity contribution in [1.29, 1.82) is 0 Å². The smallest absolute Gasteiger partial charge is 0.0411 e. The van der Waals surface area contributed by atoms with Gasteiger partial charge in [-0.1, -0.05) is 32.6 Å². The molecule has 0 saturated heterocycles. The average molecular weight is 257 g/mol. The first-order valence-corrected chi connectivity index (χ1v) is 7.59. The minimum absolute atomic E-state index is 0.750. The van der Waals surface area contributed by atoms with Gasteiger partial charge in [0.2, 0.25) is 0 Å². The Bertz CT molecular complexity index is 425. The predicted molar refractivity (Wildman–Crippen MR) is 85.6 cm³/mol. The first-order chi connectivity index (χ1) is 9.15. The average Bonchev–Trinajstić information content (AvgIpc) is 2.46. The fourth-order valence-corrected chi connectivity index (χ4v) is 3.35. The Hall–Kier alpha value is -1.24. The zero-order chi connectivity index (χ0) is 13.8. The topological polar surface area (TPSA) is 12.0 Å². The molecule has 1 aliphatic carbocycles. The van der Waals surface area contributed by atoms with Crippen molar-refractivity contribution < 1.29 is 0 Å². The van der Waals surface area contributed by atoms with Gasteiger partial charge in [0.1, 0.15) is 0 Å². The summed E-state index contributed by atoms with van der Waals surface area (Å²) in [6.07, 6.45) is 7.42. The second-order valence-corrected chi connectivity index (χ2v) is 6.16. The molecule has 0 spiro atoms. The lowest BCUT2D eigenvalue weighted by atomic mass is 9.74. The van der Waals surface area contributed by atoms with Crippen molar-refractivity contribution in [2.75, 3.05) is 12.4 Å². The number of rotatable bonds is 4. The summed E-state index contributed by atoms with van der Waals surface area (Å²) in [6, 6.07) is 6.80. The van der Waals surface area contributed by atoms with Gasteiger partial charge in [-0.05, 0) is 66.7 Å². The second-order valence-electron chi connectivity index (χ2n) is 6.16. The van der Waals surface area contributed by atoms with E-state index in [-0.39, 0.29) is 0 Å². The van der Waals surface area contributed by atoms with Crippen molar-refractivity contribution in [3.63, 3.8) is 0 Å². The van der Waals surface area contributed by atoms with E-state index >= 15 is 0 Å². The lowest BCUT2D eigenvalue weighted by Gasteiger charge is -2.31. The third kappa shape index (κ3) is 3.20. The van der Waals surface area contributed by atoms with E-state index in [1.807, 2.05) is 13.1 Å². The van der Waals surface area contributed by atoms with Gasteiger partial charge in [0.05, 0.1) is 0 Å². The molecular weight excluding hydrogens is 230 g/mol. The van der Waals surface area contributed by atoms with Crippen molar-refractivity contribution in [1.82, 2.24) is 0 Å². The molecule has 19 heavy (non-hydrogen) atoms. The van der Waals surface area contributed by atoms with Crippen LogP contribution < -0.4 is 5.32 Å². The quantitative estimate of drug-likeness (QED) is 0.771. The Morgan fingerprint density at radius 2 is 1.89 bits per heavy atom. The second kappa shape index (κ2) is 6.27. The van der Waals surface area contributed by atoms with Crippen LogP contribution in [0.1, 0.15) is 56.6 Å². The highest BCUT2D eigenvalue weighted by Crippen LogP contribution is 2.39. The minimum atomic E-state index is 0.750. The zero-order valence-electron chi connectivity index (χ0n) is 12.6. The van der Waals surface area contributed by atoms with Crippen molar-refractivity contribution in [2.45, 2.75) is 45.4 Å². The van der Waals surface area contributed by atoms with Gasteiger partial charge in [-0.3, -0.25) is 0 Å². The molecule has 1 fully saturated rings. The molecule has 1 aromatic carbocycles.